The average Bonchev–Trinajstić information content (AvgIpc) is 2.42. The minimum absolute atomic E-state index is 0.251. The predicted molar refractivity (Wildman–Crippen MR) is 73.6 cm³/mol. The standard InChI is InChI=1S/C14H22N2O2/c1-10-11(2)14(17-3)5-4-13(10)16-9-12-8-15-6-7-18-12/h4-5,12,15-16H,6-9H2,1-3H3. The number of hydrogen-bond acceptors (Lipinski definition) is 4. The van der Waals surface area contributed by atoms with Crippen LogP contribution in [-0.2, 0) is 4.74 Å². The molecule has 1 saturated heterocycles. The molecule has 0 bridgehead atoms. The lowest BCUT2D eigenvalue weighted by atomic mass is 10.1. The van der Waals surface area contributed by atoms with Gasteiger partial charge in [0.1, 0.15) is 5.75 Å². The van der Waals surface area contributed by atoms with Gasteiger partial charge in [0.25, 0.3) is 0 Å². The summed E-state index contributed by atoms with van der Waals surface area (Å²) >= 11 is 0. The van der Waals surface area contributed by atoms with Crippen LogP contribution in [0.15, 0.2) is 12.1 Å². The van der Waals surface area contributed by atoms with Crippen LogP contribution in [-0.4, -0.2) is 39.5 Å². The van der Waals surface area contributed by atoms with Crippen LogP contribution in [0.3, 0.4) is 0 Å². The molecule has 4 nitrogen and oxygen atoms in total. The van der Waals surface area contributed by atoms with Gasteiger partial charge in [0, 0.05) is 25.3 Å². The second-order valence-electron chi connectivity index (χ2n) is 4.64. The third kappa shape index (κ3) is 2.94. The van der Waals surface area contributed by atoms with Crippen molar-refractivity contribution in [2.24, 2.45) is 0 Å². The number of anilines is 1. The summed E-state index contributed by atoms with van der Waals surface area (Å²) in [7, 11) is 1.70. The highest BCUT2D eigenvalue weighted by Crippen LogP contribution is 2.27. The Morgan fingerprint density at radius 1 is 1.39 bits per heavy atom. The number of rotatable bonds is 4. The van der Waals surface area contributed by atoms with E-state index in [9.17, 15) is 0 Å². The number of benzene rings is 1. The van der Waals surface area contributed by atoms with Crippen LogP contribution in [0.1, 0.15) is 11.1 Å². The molecule has 0 spiro atoms. The molecule has 0 radical (unpaired) electrons. The van der Waals surface area contributed by atoms with Crippen LogP contribution in [0.25, 0.3) is 0 Å². The van der Waals surface area contributed by atoms with Crippen molar-refractivity contribution < 1.29 is 9.47 Å². The van der Waals surface area contributed by atoms with Crippen molar-refractivity contribution in [2.75, 3.05) is 38.7 Å². The zero-order chi connectivity index (χ0) is 13.0. The van der Waals surface area contributed by atoms with Crippen molar-refractivity contribution in [2.45, 2.75) is 20.0 Å². The van der Waals surface area contributed by atoms with Gasteiger partial charge < -0.3 is 20.1 Å². The van der Waals surface area contributed by atoms with Crippen molar-refractivity contribution >= 4 is 5.69 Å². The van der Waals surface area contributed by atoms with Crippen LogP contribution < -0.4 is 15.4 Å². The Morgan fingerprint density at radius 2 is 2.22 bits per heavy atom. The molecule has 1 aliphatic rings. The van der Waals surface area contributed by atoms with Crippen LogP contribution in [0, 0.1) is 13.8 Å². The number of ether oxygens (including phenoxy) is 2. The Morgan fingerprint density at radius 3 is 2.89 bits per heavy atom. The highest BCUT2D eigenvalue weighted by Gasteiger charge is 2.13. The molecule has 4 heteroatoms. The van der Waals surface area contributed by atoms with Gasteiger partial charge in [0.05, 0.1) is 19.8 Å². The molecule has 1 aromatic carbocycles. The van der Waals surface area contributed by atoms with Crippen molar-refractivity contribution in [3.63, 3.8) is 0 Å². The van der Waals surface area contributed by atoms with E-state index in [1.807, 2.05) is 6.07 Å². The van der Waals surface area contributed by atoms with Crippen LogP contribution in [0.2, 0.25) is 0 Å². The summed E-state index contributed by atoms with van der Waals surface area (Å²) < 4.78 is 11.0. The van der Waals surface area contributed by atoms with Crippen molar-refractivity contribution in [3.8, 4) is 5.75 Å². The van der Waals surface area contributed by atoms with E-state index in [1.165, 1.54) is 11.1 Å². The zero-order valence-corrected chi connectivity index (χ0v) is 11.4. The highest BCUT2D eigenvalue weighted by molar-refractivity contribution is 5.58. The maximum absolute atomic E-state index is 5.66. The second kappa shape index (κ2) is 6.07. The Hall–Kier alpha value is -1.26. The number of hydrogen-bond donors (Lipinski definition) is 2. The fraction of sp³-hybridized carbons (Fsp3) is 0.571. The van der Waals surface area contributed by atoms with E-state index in [-0.39, 0.29) is 6.10 Å². The summed E-state index contributed by atoms with van der Waals surface area (Å²) in [4.78, 5) is 0. The molecule has 1 aliphatic heterocycles. The molecule has 1 atom stereocenters. The topological polar surface area (TPSA) is 42.5 Å². The van der Waals surface area contributed by atoms with Crippen molar-refractivity contribution in [3.05, 3.63) is 23.3 Å². The molecule has 1 fully saturated rings. The second-order valence-corrected chi connectivity index (χ2v) is 4.64. The monoisotopic (exact) mass is 250 g/mol. The van der Waals surface area contributed by atoms with E-state index < -0.39 is 0 Å². The Labute approximate surface area is 109 Å². The van der Waals surface area contributed by atoms with Gasteiger partial charge in [-0.3, -0.25) is 0 Å². The van der Waals surface area contributed by atoms with Gasteiger partial charge in [-0.2, -0.15) is 0 Å². The normalized spacial score (nSPS) is 19.6. The third-order valence-electron chi connectivity index (χ3n) is 3.48. The molecule has 18 heavy (non-hydrogen) atoms. The maximum Gasteiger partial charge on any atom is 0.122 e. The van der Waals surface area contributed by atoms with Crippen LogP contribution >= 0.6 is 0 Å². The molecule has 2 N–H and O–H groups in total. The van der Waals surface area contributed by atoms with Crippen molar-refractivity contribution in [1.29, 1.82) is 0 Å². The van der Waals surface area contributed by atoms with Gasteiger partial charge in [-0.25, -0.2) is 0 Å². The molecule has 100 valence electrons. The van der Waals surface area contributed by atoms with E-state index in [4.69, 9.17) is 9.47 Å². The lowest BCUT2D eigenvalue weighted by Crippen LogP contribution is -2.42. The highest BCUT2D eigenvalue weighted by atomic mass is 16.5. The molecular formula is C14H22N2O2. The van der Waals surface area contributed by atoms with Gasteiger partial charge in [0.15, 0.2) is 0 Å². The third-order valence-corrected chi connectivity index (χ3v) is 3.48. The first-order valence-electron chi connectivity index (χ1n) is 6.42. The van der Waals surface area contributed by atoms with E-state index in [2.05, 4.69) is 30.5 Å². The van der Waals surface area contributed by atoms with E-state index >= 15 is 0 Å². The summed E-state index contributed by atoms with van der Waals surface area (Å²) in [5.74, 6) is 0.939. The first-order chi connectivity index (χ1) is 8.72. The Bertz CT molecular complexity index is 401. The van der Waals surface area contributed by atoms with E-state index in [1.54, 1.807) is 7.11 Å². The number of methoxy groups -OCH3 is 1. The molecule has 0 amide bonds. The largest absolute Gasteiger partial charge is 0.496 e. The van der Waals surface area contributed by atoms with E-state index in [0.717, 1.165) is 37.7 Å². The molecule has 2 rings (SSSR count). The van der Waals surface area contributed by atoms with Crippen LogP contribution in [0.4, 0.5) is 5.69 Å². The summed E-state index contributed by atoms with van der Waals surface area (Å²) in [6.07, 6.45) is 0.251. The molecule has 0 aliphatic carbocycles. The maximum atomic E-state index is 5.66. The quantitative estimate of drug-likeness (QED) is 0.854. The molecule has 1 aromatic rings. The molecule has 0 aromatic heterocycles. The van der Waals surface area contributed by atoms with Gasteiger partial charge in [-0.1, -0.05) is 0 Å². The lowest BCUT2D eigenvalue weighted by Gasteiger charge is -2.25. The first kappa shape index (κ1) is 13.2. The minimum atomic E-state index is 0.251. The molecule has 1 heterocycles. The zero-order valence-electron chi connectivity index (χ0n) is 11.4. The summed E-state index contributed by atoms with van der Waals surface area (Å²) in [5, 5.41) is 6.78. The van der Waals surface area contributed by atoms with Gasteiger partial charge in [-0.15, -0.1) is 0 Å². The fourth-order valence-corrected chi connectivity index (χ4v) is 2.18. The molecule has 0 saturated carbocycles. The average molecular weight is 250 g/mol. The molecular weight excluding hydrogens is 228 g/mol. The first-order valence-corrected chi connectivity index (χ1v) is 6.42. The summed E-state index contributed by atoms with van der Waals surface area (Å²) in [6.45, 7) is 7.70. The fourth-order valence-electron chi connectivity index (χ4n) is 2.18. The lowest BCUT2D eigenvalue weighted by molar-refractivity contribution is 0.0372. The Balaban J connectivity index is 1.98. The van der Waals surface area contributed by atoms with Crippen molar-refractivity contribution in [1.82, 2.24) is 5.32 Å². The van der Waals surface area contributed by atoms with Gasteiger partial charge >= 0.3 is 0 Å². The minimum Gasteiger partial charge on any atom is -0.496 e. The molecule has 1 unspecified atom stereocenters. The van der Waals surface area contributed by atoms with Crippen LogP contribution in [0.5, 0.6) is 5.75 Å². The van der Waals surface area contributed by atoms with Gasteiger partial charge in [0.2, 0.25) is 0 Å². The Kier molecular flexibility index (Phi) is 4.44. The predicted octanol–water partition coefficient (Wildman–Crippen LogP) is 1.71. The number of morpholine rings is 1. The number of nitrogens with one attached hydrogen (secondary N) is 2. The SMILES string of the molecule is COc1ccc(NCC2CNCCO2)c(C)c1C. The van der Waals surface area contributed by atoms with Gasteiger partial charge in [-0.05, 0) is 37.1 Å². The summed E-state index contributed by atoms with van der Waals surface area (Å²) in [5.41, 5.74) is 3.57. The van der Waals surface area contributed by atoms with E-state index in [0.29, 0.717) is 0 Å². The smallest absolute Gasteiger partial charge is 0.122 e. The summed E-state index contributed by atoms with van der Waals surface area (Å²) in [6, 6.07) is 4.07.